The van der Waals surface area contributed by atoms with E-state index < -0.39 is 12.2 Å². The number of benzene rings is 1. The highest BCUT2D eigenvalue weighted by atomic mass is 19.3. The Morgan fingerprint density at radius 3 is 2.78 bits per heavy atom. The van der Waals surface area contributed by atoms with E-state index in [1.165, 1.54) is 6.07 Å². The van der Waals surface area contributed by atoms with Crippen molar-refractivity contribution < 1.29 is 23.4 Å². The van der Waals surface area contributed by atoms with Gasteiger partial charge >= 0.3 is 12.6 Å². The fraction of sp³-hybridized carbons (Fsp3) is 0.562. The van der Waals surface area contributed by atoms with Crippen molar-refractivity contribution >= 4 is 11.7 Å². The molecule has 1 aliphatic heterocycles. The summed E-state index contributed by atoms with van der Waals surface area (Å²) in [7, 11) is 0. The van der Waals surface area contributed by atoms with E-state index in [4.69, 9.17) is 0 Å². The highest BCUT2D eigenvalue weighted by Crippen LogP contribution is 2.29. The molecule has 1 aromatic rings. The van der Waals surface area contributed by atoms with Crippen molar-refractivity contribution in [2.45, 2.75) is 51.9 Å². The van der Waals surface area contributed by atoms with Crippen molar-refractivity contribution in [1.82, 2.24) is 4.90 Å². The number of urea groups is 1. The Labute approximate surface area is 134 Å². The first-order valence-corrected chi connectivity index (χ1v) is 7.54. The number of alkyl halides is 2. The Kier molecular flexibility index (Phi) is 5.09. The normalized spacial score (nSPS) is 18.4. The van der Waals surface area contributed by atoms with Crippen LogP contribution in [0.2, 0.25) is 0 Å². The topological polar surface area (TPSA) is 61.8 Å². The van der Waals surface area contributed by atoms with Crippen LogP contribution in [-0.4, -0.2) is 40.8 Å². The largest absolute Gasteiger partial charge is 0.434 e. The van der Waals surface area contributed by atoms with Gasteiger partial charge in [-0.25, -0.2) is 4.79 Å². The lowest BCUT2D eigenvalue weighted by Gasteiger charge is -2.33. The Balaban J connectivity index is 2.11. The van der Waals surface area contributed by atoms with Crippen LogP contribution in [0.25, 0.3) is 0 Å². The first kappa shape index (κ1) is 17.5. The maximum atomic E-state index is 12.4. The zero-order chi connectivity index (χ0) is 17.2. The summed E-state index contributed by atoms with van der Waals surface area (Å²) in [5.74, 6) is 0.0262. The summed E-state index contributed by atoms with van der Waals surface area (Å²) in [5, 5.41) is 12.8. The number of aliphatic hydroxyl groups is 1. The number of nitrogens with one attached hydrogen (secondary N) is 1. The quantitative estimate of drug-likeness (QED) is 0.891. The van der Waals surface area contributed by atoms with Gasteiger partial charge in [-0.2, -0.15) is 8.78 Å². The van der Waals surface area contributed by atoms with Crippen LogP contribution in [0.3, 0.4) is 0 Å². The zero-order valence-electron chi connectivity index (χ0n) is 13.5. The monoisotopic (exact) mass is 328 g/mol. The molecule has 5 nitrogen and oxygen atoms in total. The minimum atomic E-state index is -2.92. The number of amides is 2. The van der Waals surface area contributed by atoms with Gasteiger partial charge in [0, 0.05) is 18.3 Å². The summed E-state index contributed by atoms with van der Waals surface area (Å²) >= 11 is 0. The van der Waals surface area contributed by atoms with Gasteiger partial charge in [0.15, 0.2) is 0 Å². The van der Waals surface area contributed by atoms with Gasteiger partial charge in [-0.3, -0.25) is 0 Å². The number of hydrogen-bond acceptors (Lipinski definition) is 3. The number of hydrogen-bond donors (Lipinski definition) is 2. The van der Waals surface area contributed by atoms with Gasteiger partial charge in [0.1, 0.15) is 5.75 Å². The van der Waals surface area contributed by atoms with Crippen molar-refractivity contribution in [3.05, 3.63) is 23.8 Å². The molecule has 0 aliphatic carbocycles. The van der Waals surface area contributed by atoms with E-state index in [-0.39, 0.29) is 17.8 Å². The molecule has 0 spiro atoms. The molecule has 1 saturated heterocycles. The standard InChI is InChI=1S/C16H22F2N2O3/c1-10-6-7-11(9-12(10)23-14(17)18)19-15(21)20-8-4-5-13(20)16(2,3)22/h6-7,9,13-14,22H,4-5,8H2,1-3H3,(H,19,21). The molecule has 1 heterocycles. The van der Waals surface area contributed by atoms with E-state index in [0.717, 1.165) is 12.8 Å². The fourth-order valence-electron chi connectivity index (χ4n) is 2.84. The lowest BCUT2D eigenvalue weighted by Crippen LogP contribution is -2.49. The molecule has 1 fully saturated rings. The van der Waals surface area contributed by atoms with Gasteiger partial charge in [-0.05, 0) is 45.2 Å². The third-order valence-electron chi connectivity index (χ3n) is 3.98. The number of halogens is 2. The third-order valence-corrected chi connectivity index (χ3v) is 3.98. The van der Waals surface area contributed by atoms with E-state index in [0.29, 0.717) is 17.8 Å². The van der Waals surface area contributed by atoms with Gasteiger partial charge in [-0.15, -0.1) is 0 Å². The highest BCUT2D eigenvalue weighted by Gasteiger charge is 2.38. The van der Waals surface area contributed by atoms with Gasteiger partial charge in [0.25, 0.3) is 0 Å². The second-order valence-corrected chi connectivity index (χ2v) is 6.29. The number of carbonyl (C=O) groups excluding carboxylic acids is 1. The lowest BCUT2D eigenvalue weighted by molar-refractivity contribution is -0.0502. The summed E-state index contributed by atoms with van der Waals surface area (Å²) in [4.78, 5) is 14.0. The summed E-state index contributed by atoms with van der Waals surface area (Å²) in [6, 6.07) is 3.96. The molecular weight excluding hydrogens is 306 g/mol. The van der Waals surface area contributed by atoms with Crippen molar-refractivity contribution in [3.63, 3.8) is 0 Å². The Morgan fingerprint density at radius 1 is 1.48 bits per heavy atom. The van der Waals surface area contributed by atoms with Crippen LogP contribution in [0.15, 0.2) is 18.2 Å². The lowest BCUT2D eigenvalue weighted by atomic mass is 9.97. The van der Waals surface area contributed by atoms with Crippen molar-refractivity contribution in [2.75, 3.05) is 11.9 Å². The van der Waals surface area contributed by atoms with Crippen LogP contribution >= 0.6 is 0 Å². The summed E-state index contributed by atoms with van der Waals surface area (Å²) in [6.45, 7) is 2.62. The van der Waals surface area contributed by atoms with E-state index in [1.807, 2.05) is 0 Å². The SMILES string of the molecule is Cc1ccc(NC(=O)N2CCCC2C(C)(C)O)cc1OC(F)F. The van der Waals surface area contributed by atoms with E-state index in [1.54, 1.807) is 37.8 Å². The number of rotatable bonds is 4. The minimum Gasteiger partial charge on any atom is -0.434 e. The van der Waals surface area contributed by atoms with Gasteiger partial charge in [-0.1, -0.05) is 6.07 Å². The smallest absolute Gasteiger partial charge is 0.387 e. The van der Waals surface area contributed by atoms with Gasteiger partial charge < -0.3 is 20.1 Å². The molecule has 1 atom stereocenters. The van der Waals surface area contributed by atoms with Crippen LogP contribution in [0.1, 0.15) is 32.3 Å². The van der Waals surface area contributed by atoms with Gasteiger partial charge in [0.2, 0.25) is 0 Å². The number of anilines is 1. The number of carbonyl (C=O) groups is 1. The van der Waals surface area contributed by atoms with E-state index in [2.05, 4.69) is 10.1 Å². The predicted molar refractivity (Wildman–Crippen MR) is 82.9 cm³/mol. The second-order valence-electron chi connectivity index (χ2n) is 6.29. The van der Waals surface area contributed by atoms with Crippen LogP contribution in [-0.2, 0) is 0 Å². The molecule has 0 saturated carbocycles. The van der Waals surface area contributed by atoms with Crippen LogP contribution in [0.4, 0.5) is 19.3 Å². The third kappa shape index (κ3) is 4.31. The average Bonchev–Trinajstić information content (AvgIpc) is 2.91. The highest BCUT2D eigenvalue weighted by molar-refractivity contribution is 5.90. The Morgan fingerprint density at radius 2 is 2.17 bits per heavy atom. The molecule has 1 aromatic carbocycles. The van der Waals surface area contributed by atoms with Crippen LogP contribution < -0.4 is 10.1 Å². The first-order valence-electron chi connectivity index (χ1n) is 7.54. The molecular formula is C16H22F2N2O3. The number of aryl methyl sites for hydroxylation is 1. The Hall–Kier alpha value is -1.89. The molecule has 2 rings (SSSR count). The summed E-state index contributed by atoms with van der Waals surface area (Å²) in [6.07, 6.45) is 1.54. The second kappa shape index (κ2) is 6.70. The molecule has 0 aromatic heterocycles. The molecule has 7 heteroatoms. The van der Waals surface area contributed by atoms with E-state index in [9.17, 15) is 18.7 Å². The maximum Gasteiger partial charge on any atom is 0.387 e. The minimum absolute atomic E-state index is 0.0262. The predicted octanol–water partition coefficient (Wildman–Crippen LogP) is 3.36. The number of likely N-dealkylation sites (tertiary alicyclic amines) is 1. The molecule has 0 radical (unpaired) electrons. The number of ether oxygens (including phenoxy) is 1. The molecule has 0 bridgehead atoms. The molecule has 1 unspecified atom stereocenters. The maximum absolute atomic E-state index is 12.4. The number of nitrogens with zero attached hydrogens (tertiary/aromatic N) is 1. The van der Waals surface area contributed by atoms with Gasteiger partial charge in [0.05, 0.1) is 11.6 Å². The molecule has 1 aliphatic rings. The van der Waals surface area contributed by atoms with Crippen LogP contribution in [0.5, 0.6) is 5.75 Å². The molecule has 128 valence electrons. The summed E-state index contributed by atoms with van der Waals surface area (Å²) < 4.78 is 29.2. The fourth-order valence-corrected chi connectivity index (χ4v) is 2.84. The van der Waals surface area contributed by atoms with Crippen molar-refractivity contribution in [2.24, 2.45) is 0 Å². The Bertz CT molecular complexity index is 573. The van der Waals surface area contributed by atoms with Crippen molar-refractivity contribution in [1.29, 1.82) is 0 Å². The molecule has 2 N–H and O–H groups in total. The van der Waals surface area contributed by atoms with Crippen LogP contribution in [0, 0.1) is 6.92 Å². The summed E-state index contributed by atoms with van der Waals surface area (Å²) in [5.41, 5.74) is -0.0677. The molecule has 2 amide bonds. The molecule has 23 heavy (non-hydrogen) atoms. The first-order chi connectivity index (χ1) is 10.7. The zero-order valence-corrected chi connectivity index (χ0v) is 13.5. The van der Waals surface area contributed by atoms with E-state index >= 15 is 0 Å². The van der Waals surface area contributed by atoms with Crippen molar-refractivity contribution in [3.8, 4) is 5.75 Å². The average molecular weight is 328 g/mol.